The normalized spacial score (nSPS) is 11.6. The number of carbonyl (C=O) groups excluding carboxylic acids is 1. The summed E-state index contributed by atoms with van der Waals surface area (Å²) in [6.45, 7) is 1.78. The Labute approximate surface area is 163 Å². The fourth-order valence-corrected chi connectivity index (χ4v) is 3.02. The van der Waals surface area contributed by atoms with Gasteiger partial charge in [0.05, 0.1) is 28.0 Å². The van der Waals surface area contributed by atoms with Crippen LogP contribution >= 0.6 is 0 Å². The number of halogens is 3. The highest BCUT2D eigenvalue weighted by Crippen LogP contribution is 2.32. The van der Waals surface area contributed by atoms with E-state index in [-0.39, 0.29) is 0 Å². The Bertz CT molecular complexity index is 1210. The van der Waals surface area contributed by atoms with E-state index in [1.54, 1.807) is 49.4 Å². The van der Waals surface area contributed by atoms with Crippen LogP contribution in [0, 0.1) is 6.92 Å². The van der Waals surface area contributed by atoms with Gasteiger partial charge in [-0.3, -0.25) is 9.89 Å². The summed E-state index contributed by atoms with van der Waals surface area (Å²) in [6, 6.07) is 15.1. The number of pyridine rings is 1. The molecule has 0 radical (unpaired) electrons. The minimum absolute atomic E-state index is 0.309. The largest absolute Gasteiger partial charge is 0.416 e. The molecule has 0 atom stereocenters. The number of hydrogen-bond donors (Lipinski definition) is 2. The number of rotatable bonds is 3. The molecule has 1 amide bonds. The van der Waals surface area contributed by atoms with E-state index in [0.29, 0.717) is 33.5 Å². The molecule has 8 heteroatoms. The van der Waals surface area contributed by atoms with Crippen molar-refractivity contribution in [2.45, 2.75) is 13.1 Å². The maximum absolute atomic E-state index is 13.0. The Hall–Kier alpha value is -3.68. The number of aryl methyl sites for hydroxylation is 1. The van der Waals surface area contributed by atoms with E-state index >= 15 is 0 Å². The number of aromatic nitrogens is 3. The van der Waals surface area contributed by atoms with Gasteiger partial charge in [-0.15, -0.1) is 0 Å². The fourth-order valence-electron chi connectivity index (χ4n) is 3.02. The minimum Gasteiger partial charge on any atom is -0.307 e. The van der Waals surface area contributed by atoms with Crippen LogP contribution in [0.2, 0.25) is 0 Å². The lowest BCUT2D eigenvalue weighted by Gasteiger charge is -2.10. The third kappa shape index (κ3) is 3.82. The third-order valence-electron chi connectivity index (χ3n) is 4.40. The topological polar surface area (TPSA) is 70.7 Å². The van der Waals surface area contributed by atoms with E-state index in [9.17, 15) is 18.0 Å². The van der Waals surface area contributed by atoms with Crippen LogP contribution < -0.4 is 5.32 Å². The SMILES string of the molecule is Cc1cc(NC(=O)c2cccc3ccc(-c4cccc(C(F)(F)F)c4)nc23)[nH]n1. The van der Waals surface area contributed by atoms with Gasteiger partial charge in [0.15, 0.2) is 0 Å². The number of fused-ring (bicyclic) bond motifs is 1. The van der Waals surface area contributed by atoms with E-state index in [2.05, 4.69) is 20.5 Å². The Morgan fingerprint density at radius 1 is 1.03 bits per heavy atom. The molecule has 29 heavy (non-hydrogen) atoms. The first-order valence-corrected chi connectivity index (χ1v) is 8.72. The molecule has 0 fully saturated rings. The summed E-state index contributed by atoms with van der Waals surface area (Å²) >= 11 is 0. The first-order chi connectivity index (χ1) is 13.8. The molecule has 2 N–H and O–H groups in total. The highest BCUT2D eigenvalue weighted by atomic mass is 19.4. The molecule has 0 spiro atoms. The van der Waals surface area contributed by atoms with E-state index in [4.69, 9.17) is 0 Å². The molecule has 146 valence electrons. The van der Waals surface area contributed by atoms with Crippen molar-refractivity contribution in [3.63, 3.8) is 0 Å². The molecule has 0 saturated carbocycles. The smallest absolute Gasteiger partial charge is 0.307 e. The Morgan fingerprint density at radius 3 is 2.55 bits per heavy atom. The Kier molecular flexibility index (Phi) is 4.54. The number of para-hydroxylation sites is 1. The summed E-state index contributed by atoms with van der Waals surface area (Å²) in [5.74, 6) is 0.0477. The first kappa shape index (κ1) is 18.7. The number of aromatic amines is 1. The number of carbonyl (C=O) groups is 1. The Balaban J connectivity index is 1.76. The number of hydrogen-bond acceptors (Lipinski definition) is 3. The monoisotopic (exact) mass is 396 g/mol. The summed E-state index contributed by atoms with van der Waals surface area (Å²) in [6.07, 6.45) is -4.44. The minimum atomic E-state index is -4.44. The predicted octanol–water partition coefficient (Wildman–Crippen LogP) is 5.20. The van der Waals surface area contributed by atoms with Crippen LogP contribution in [0.5, 0.6) is 0 Å². The zero-order valence-electron chi connectivity index (χ0n) is 15.2. The molecular weight excluding hydrogens is 381 g/mol. The number of nitrogens with zero attached hydrogens (tertiary/aromatic N) is 2. The van der Waals surface area contributed by atoms with Crippen molar-refractivity contribution in [2.75, 3.05) is 5.32 Å². The number of anilines is 1. The summed E-state index contributed by atoms with van der Waals surface area (Å²) in [7, 11) is 0. The summed E-state index contributed by atoms with van der Waals surface area (Å²) in [5, 5.41) is 10.1. The van der Waals surface area contributed by atoms with Crippen LogP contribution in [-0.2, 0) is 6.18 Å². The average molecular weight is 396 g/mol. The molecule has 2 heterocycles. The van der Waals surface area contributed by atoms with Gasteiger partial charge in [-0.1, -0.05) is 30.3 Å². The van der Waals surface area contributed by atoms with Gasteiger partial charge in [-0.2, -0.15) is 18.3 Å². The van der Waals surface area contributed by atoms with Gasteiger partial charge in [0.1, 0.15) is 5.82 Å². The quantitative estimate of drug-likeness (QED) is 0.500. The highest BCUT2D eigenvalue weighted by Gasteiger charge is 2.30. The number of nitrogens with one attached hydrogen (secondary N) is 2. The van der Waals surface area contributed by atoms with Crippen LogP contribution in [0.25, 0.3) is 22.2 Å². The Morgan fingerprint density at radius 2 is 1.83 bits per heavy atom. The molecule has 0 aliphatic carbocycles. The van der Waals surface area contributed by atoms with E-state index in [1.165, 1.54) is 6.07 Å². The van der Waals surface area contributed by atoms with Crippen molar-refractivity contribution in [3.05, 3.63) is 77.5 Å². The van der Waals surface area contributed by atoms with Crippen LogP contribution in [0.4, 0.5) is 19.0 Å². The summed E-state index contributed by atoms with van der Waals surface area (Å²) in [4.78, 5) is 17.2. The molecule has 2 aromatic heterocycles. The van der Waals surface area contributed by atoms with Gasteiger partial charge in [0.2, 0.25) is 0 Å². The zero-order valence-corrected chi connectivity index (χ0v) is 15.2. The van der Waals surface area contributed by atoms with Gasteiger partial charge in [0.25, 0.3) is 5.91 Å². The van der Waals surface area contributed by atoms with Crippen LogP contribution in [0.1, 0.15) is 21.6 Å². The zero-order chi connectivity index (χ0) is 20.6. The molecule has 4 aromatic rings. The molecular formula is C21H15F3N4O. The standard InChI is InChI=1S/C21H15F3N4O/c1-12-10-18(28-27-12)26-20(29)16-7-3-4-13-8-9-17(25-19(13)16)14-5-2-6-15(11-14)21(22,23)24/h2-11H,1H3,(H2,26,27,28,29). The van der Waals surface area contributed by atoms with E-state index < -0.39 is 17.6 Å². The molecule has 0 saturated heterocycles. The summed E-state index contributed by atoms with van der Waals surface area (Å²) in [5.41, 5.74) is 1.35. The highest BCUT2D eigenvalue weighted by molar-refractivity contribution is 6.11. The molecule has 0 aliphatic heterocycles. The number of amides is 1. The van der Waals surface area contributed by atoms with Crippen molar-refractivity contribution in [1.29, 1.82) is 0 Å². The van der Waals surface area contributed by atoms with Gasteiger partial charge in [0, 0.05) is 17.0 Å². The van der Waals surface area contributed by atoms with Crippen LogP contribution in [-0.4, -0.2) is 21.1 Å². The molecule has 0 bridgehead atoms. The van der Waals surface area contributed by atoms with Crippen LogP contribution in [0.15, 0.2) is 60.7 Å². The second-order valence-electron chi connectivity index (χ2n) is 6.53. The second kappa shape index (κ2) is 7.05. The van der Waals surface area contributed by atoms with Crippen LogP contribution in [0.3, 0.4) is 0 Å². The van der Waals surface area contributed by atoms with Crippen molar-refractivity contribution in [1.82, 2.24) is 15.2 Å². The number of benzene rings is 2. The lowest BCUT2D eigenvalue weighted by molar-refractivity contribution is -0.137. The van der Waals surface area contributed by atoms with Gasteiger partial charge >= 0.3 is 6.18 Å². The van der Waals surface area contributed by atoms with Gasteiger partial charge in [-0.05, 0) is 31.2 Å². The summed E-state index contributed by atoms with van der Waals surface area (Å²) < 4.78 is 39.1. The lowest BCUT2D eigenvalue weighted by atomic mass is 10.0. The molecule has 4 rings (SSSR count). The molecule has 5 nitrogen and oxygen atoms in total. The fraction of sp³-hybridized carbons (Fsp3) is 0.0952. The molecule has 2 aromatic carbocycles. The molecule has 0 unspecified atom stereocenters. The maximum Gasteiger partial charge on any atom is 0.416 e. The van der Waals surface area contributed by atoms with Gasteiger partial charge < -0.3 is 5.32 Å². The number of H-pyrrole nitrogens is 1. The van der Waals surface area contributed by atoms with Gasteiger partial charge in [-0.25, -0.2) is 4.98 Å². The van der Waals surface area contributed by atoms with E-state index in [0.717, 1.165) is 17.8 Å². The third-order valence-corrected chi connectivity index (χ3v) is 4.40. The van der Waals surface area contributed by atoms with Crippen molar-refractivity contribution in [3.8, 4) is 11.3 Å². The first-order valence-electron chi connectivity index (χ1n) is 8.72. The average Bonchev–Trinajstić information content (AvgIpc) is 3.11. The van der Waals surface area contributed by atoms with Crippen molar-refractivity contribution in [2.24, 2.45) is 0 Å². The van der Waals surface area contributed by atoms with Crippen molar-refractivity contribution < 1.29 is 18.0 Å². The predicted molar refractivity (Wildman–Crippen MR) is 103 cm³/mol. The van der Waals surface area contributed by atoms with Crippen molar-refractivity contribution >= 4 is 22.6 Å². The number of alkyl halides is 3. The molecule has 0 aliphatic rings. The maximum atomic E-state index is 13.0. The second-order valence-corrected chi connectivity index (χ2v) is 6.53. The van der Waals surface area contributed by atoms with E-state index in [1.807, 2.05) is 0 Å². The lowest BCUT2D eigenvalue weighted by Crippen LogP contribution is -2.13.